The highest BCUT2D eigenvalue weighted by Crippen LogP contribution is 2.25. The van der Waals surface area contributed by atoms with Crippen molar-refractivity contribution >= 4 is 29.7 Å². The second-order valence-corrected chi connectivity index (χ2v) is 5.14. The zero-order chi connectivity index (χ0) is 15.6. The van der Waals surface area contributed by atoms with Crippen LogP contribution in [0.3, 0.4) is 0 Å². The Morgan fingerprint density at radius 3 is 2.55 bits per heavy atom. The molecule has 0 bridgehead atoms. The number of nitrogens with zero attached hydrogens (tertiary/aromatic N) is 2. The van der Waals surface area contributed by atoms with Crippen molar-refractivity contribution in [3.63, 3.8) is 0 Å². The van der Waals surface area contributed by atoms with Crippen molar-refractivity contribution in [2.24, 2.45) is 7.05 Å². The predicted octanol–water partition coefficient (Wildman–Crippen LogP) is 2.81. The van der Waals surface area contributed by atoms with Crippen LogP contribution in [0.25, 0.3) is 0 Å². The highest BCUT2D eigenvalue weighted by Gasteiger charge is 2.15. The number of rotatable bonds is 4. The number of amides is 1. The van der Waals surface area contributed by atoms with Crippen LogP contribution in [0.5, 0.6) is 5.75 Å². The fourth-order valence-corrected chi connectivity index (χ4v) is 2.14. The number of aromatic nitrogens is 2. The molecule has 2 rings (SSSR count). The van der Waals surface area contributed by atoms with Gasteiger partial charge in [-0.15, -0.1) is 12.4 Å². The Morgan fingerprint density at radius 2 is 2.05 bits per heavy atom. The first kappa shape index (κ1) is 17.8. The first-order valence-corrected chi connectivity index (χ1v) is 6.71. The average molecular weight is 325 g/mol. The second kappa shape index (κ2) is 7.17. The molecule has 0 aliphatic carbocycles. The van der Waals surface area contributed by atoms with Gasteiger partial charge in [-0.1, -0.05) is 13.8 Å². The maximum atomic E-state index is 12.2. The predicted molar refractivity (Wildman–Crippen MR) is 89.9 cm³/mol. The van der Waals surface area contributed by atoms with Crippen LogP contribution in [0.1, 0.15) is 35.9 Å². The maximum Gasteiger partial charge on any atom is 0.276 e. The summed E-state index contributed by atoms with van der Waals surface area (Å²) in [7, 11) is 3.38. The topological polar surface area (TPSA) is 82.2 Å². The van der Waals surface area contributed by atoms with Gasteiger partial charge in [0.05, 0.1) is 12.8 Å². The minimum atomic E-state index is -0.262. The first-order chi connectivity index (χ1) is 9.92. The SMILES string of the molecule is COc1ccc(NC(=O)c2cc(C(C)C)n(C)n2)cc1N.Cl. The van der Waals surface area contributed by atoms with Crippen molar-refractivity contribution in [3.05, 3.63) is 35.7 Å². The molecular weight excluding hydrogens is 304 g/mol. The number of hydrogen-bond donors (Lipinski definition) is 2. The zero-order valence-corrected chi connectivity index (χ0v) is 13.9. The fraction of sp³-hybridized carbons (Fsp3) is 0.333. The Hall–Kier alpha value is -2.21. The highest BCUT2D eigenvalue weighted by molar-refractivity contribution is 6.03. The lowest BCUT2D eigenvalue weighted by molar-refractivity contribution is 0.102. The number of carbonyl (C=O) groups is 1. The van der Waals surface area contributed by atoms with Crippen LogP contribution in [0.15, 0.2) is 24.3 Å². The maximum absolute atomic E-state index is 12.2. The minimum absolute atomic E-state index is 0. The van der Waals surface area contributed by atoms with E-state index in [1.807, 2.05) is 7.05 Å². The van der Waals surface area contributed by atoms with E-state index in [9.17, 15) is 4.79 Å². The normalized spacial score (nSPS) is 10.2. The number of methoxy groups -OCH3 is 1. The summed E-state index contributed by atoms with van der Waals surface area (Å²) in [5.74, 6) is 0.621. The smallest absolute Gasteiger partial charge is 0.276 e. The van der Waals surface area contributed by atoms with E-state index in [4.69, 9.17) is 10.5 Å². The van der Waals surface area contributed by atoms with E-state index in [1.54, 1.807) is 36.1 Å². The number of halogens is 1. The molecule has 120 valence electrons. The van der Waals surface area contributed by atoms with Crippen LogP contribution in [-0.2, 0) is 7.05 Å². The molecule has 0 fully saturated rings. The van der Waals surface area contributed by atoms with Crippen molar-refractivity contribution in [3.8, 4) is 5.75 Å². The molecule has 22 heavy (non-hydrogen) atoms. The molecular formula is C15H21ClN4O2. The number of hydrogen-bond acceptors (Lipinski definition) is 4. The summed E-state index contributed by atoms with van der Waals surface area (Å²) in [5, 5.41) is 7.01. The molecule has 3 N–H and O–H groups in total. The van der Waals surface area contributed by atoms with E-state index in [0.29, 0.717) is 28.7 Å². The van der Waals surface area contributed by atoms with Crippen LogP contribution < -0.4 is 15.8 Å². The molecule has 0 saturated carbocycles. The lowest BCUT2D eigenvalue weighted by Crippen LogP contribution is -2.13. The number of ether oxygens (including phenoxy) is 1. The molecule has 1 aromatic heterocycles. The highest BCUT2D eigenvalue weighted by atomic mass is 35.5. The Bertz CT molecular complexity index is 668. The molecule has 1 aromatic carbocycles. The molecule has 1 heterocycles. The lowest BCUT2D eigenvalue weighted by atomic mass is 10.1. The molecule has 0 radical (unpaired) electrons. The number of nitrogens with one attached hydrogen (secondary N) is 1. The van der Waals surface area contributed by atoms with Gasteiger partial charge in [-0.05, 0) is 30.2 Å². The van der Waals surface area contributed by atoms with Gasteiger partial charge in [-0.25, -0.2) is 0 Å². The number of nitrogens with two attached hydrogens (primary N) is 1. The molecule has 0 unspecified atom stereocenters. The van der Waals surface area contributed by atoms with E-state index in [0.717, 1.165) is 5.69 Å². The summed E-state index contributed by atoms with van der Waals surface area (Å²) in [6.07, 6.45) is 0. The third kappa shape index (κ3) is 3.71. The van der Waals surface area contributed by atoms with Gasteiger partial charge in [0.1, 0.15) is 5.75 Å². The van der Waals surface area contributed by atoms with Gasteiger partial charge < -0.3 is 15.8 Å². The van der Waals surface area contributed by atoms with Gasteiger partial charge in [0.25, 0.3) is 5.91 Å². The van der Waals surface area contributed by atoms with Gasteiger partial charge in [0.2, 0.25) is 0 Å². The fourth-order valence-electron chi connectivity index (χ4n) is 2.14. The van der Waals surface area contributed by atoms with Crippen LogP contribution in [-0.4, -0.2) is 22.8 Å². The molecule has 0 saturated heterocycles. The average Bonchev–Trinajstić information content (AvgIpc) is 2.81. The van der Waals surface area contributed by atoms with Crippen LogP contribution in [0.2, 0.25) is 0 Å². The van der Waals surface area contributed by atoms with E-state index >= 15 is 0 Å². The summed E-state index contributed by atoms with van der Waals surface area (Å²) in [6, 6.07) is 6.90. The van der Waals surface area contributed by atoms with Gasteiger partial charge in [-0.2, -0.15) is 5.10 Å². The zero-order valence-electron chi connectivity index (χ0n) is 13.1. The van der Waals surface area contributed by atoms with Crippen molar-refractivity contribution in [1.82, 2.24) is 9.78 Å². The number of anilines is 2. The van der Waals surface area contributed by atoms with Crippen molar-refractivity contribution in [2.45, 2.75) is 19.8 Å². The van der Waals surface area contributed by atoms with E-state index in [-0.39, 0.29) is 18.3 Å². The molecule has 0 atom stereocenters. The molecule has 6 nitrogen and oxygen atoms in total. The van der Waals surface area contributed by atoms with Gasteiger partial charge in [0.15, 0.2) is 5.69 Å². The van der Waals surface area contributed by atoms with Gasteiger partial charge in [0, 0.05) is 18.4 Å². The number of carbonyl (C=O) groups excluding carboxylic acids is 1. The Balaban J connectivity index is 0.00000242. The minimum Gasteiger partial charge on any atom is -0.495 e. The largest absolute Gasteiger partial charge is 0.495 e. The summed E-state index contributed by atoms with van der Waals surface area (Å²) < 4.78 is 6.81. The first-order valence-electron chi connectivity index (χ1n) is 6.71. The summed E-state index contributed by atoms with van der Waals surface area (Å²) in [5.41, 5.74) is 8.29. The Morgan fingerprint density at radius 1 is 1.36 bits per heavy atom. The van der Waals surface area contributed by atoms with Crippen LogP contribution in [0.4, 0.5) is 11.4 Å². The Kier molecular flexibility index (Phi) is 5.82. The third-order valence-corrected chi connectivity index (χ3v) is 3.23. The van der Waals surface area contributed by atoms with E-state index in [1.165, 1.54) is 0 Å². The standard InChI is InChI=1S/C15H20N4O2.ClH/c1-9(2)13-8-12(18-19(13)3)15(20)17-10-5-6-14(21-4)11(16)7-10;/h5-9H,16H2,1-4H3,(H,17,20);1H. The number of nitrogen functional groups attached to an aromatic ring is 1. The molecule has 7 heteroatoms. The summed E-state index contributed by atoms with van der Waals surface area (Å²) >= 11 is 0. The molecule has 0 spiro atoms. The third-order valence-electron chi connectivity index (χ3n) is 3.23. The molecule has 1 amide bonds. The monoisotopic (exact) mass is 324 g/mol. The molecule has 0 aliphatic rings. The lowest BCUT2D eigenvalue weighted by Gasteiger charge is -2.07. The van der Waals surface area contributed by atoms with Crippen LogP contribution in [0, 0.1) is 0 Å². The number of benzene rings is 1. The summed E-state index contributed by atoms with van der Waals surface area (Å²) in [6.45, 7) is 4.12. The number of aryl methyl sites for hydroxylation is 1. The second-order valence-electron chi connectivity index (χ2n) is 5.14. The molecule has 2 aromatic rings. The van der Waals surface area contributed by atoms with E-state index in [2.05, 4.69) is 24.3 Å². The van der Waals surface area contributed by atoms with E-state index < -0.39 is 0 Å². The van der Waals surface area contributed by atoms with Gasteiger partial charge >= 0.3 is 0 Å². The van der Waals surface area contributed by atoms with Crippen molar-refractivity contribution < 1.29 is 9.53 Å². The Labute approximate surface area is 136 Å². The van der Waals surface area contributed by atoms with Crippen LogP contribution >= 0.6 is 12.4 Å². The molecule has 0 aliphatic heterocycles. The summed E-state index contributed by atoms with van der Waals surface area (Å²) in [4.78, 5) is 12.2. The van der Waals surface area contributed by atoms with Gasteiger partial charge in [-0.3, -0.25) is 9.48 Å². The van der Waals surface area contributed by atoms with Crippen molar-refractivity contribution in [2.75, 3.05) is 18.2 Å². The quantitative estimate of drug-likeness (QED) is 0.847. The van der Waals surface area contributed by atoms with Crippen molar-refractivity contribution in [1.29, 1.82) is 0 Å².